The Labute approximate surface area is 171 Å². The first-order valence-corrected chi connectivity index (χ1v) is 9.56. The lowest BCUT2D eigenvalue weighted by molar-refractivity contribution is -0.165. The van der Waals surface area contributed by atoms with Gasteiger partial charge in [0, 0.05) is 31.9 Å². The summed E-state index contributed by atoms with van der Waals surface area (Å²) in [5.74, 6) is -2.44. The topological polar surface area (TPSA) is 116 Å². The average Bonchev–Trinajstić information content (AvgIpc) is 3.31. The van der Waals surface area contributed by atoms with Crippen LogP contribution in [0.1, 0.15) is 64.1 Å². The van der Waals surface area contributed by atoms with Crippen molar-refractivity contribution in [1.29, 1.82) is 0 Å². The van der Waals surface area contributed by atoms with E-state index in [1.807, 2.05) is 0 Å². The van der Waals surface area contributed by atoms with Crippen LogP contribution in [0.15, 0.2) is 30.5 Å². The molecule has 1 aromatic carbocycles. The molecule has 2 heterocycles. The predicted molar refractivity (Wildman–Crippen MR) is 101 cm³/mol. The number of imide groups is 1. The molecule has 2 aliphatic carbocycles. The summed E-state index contributed by atoms with van der Waals surface area (Å²) < 4.78 is 10.9. The Kier molecular flexibility index (Phi) is 3.96. The summed E-state index contributed by atoms with van der Waals surface area (Å²) in [4.78, 5) is 58.4. The summed E-state index contributed by atoms with van der Waals surface area (Å²) in [5, 5.41) is 0. The van der Waals surface area contributed by atoms with Gasteiger partial charge in [0.25, 0.3) is 11.8 Å². The summed E-state index contributed by atoms with van der Waals surface area (Å²) in [6.07, 6.45) is 0.851. The van der Waals surface area contributed by atoms with Gasteiger partial charge >= 0.3 is 11.9 Å². The number of esters is 2. The lowest BCUT2D eigenvalue weighted by Crippen LogP contribution is -2.39. The lowest BCUT2D eigenvalue weighted by atomic mass is 9.92. The number of carbonyl (C=O) groups is 4. The van der Waals surface area contributed by atoms with Gasteiger partial charge in [0.05, 0.1) is 16.8 Å². The Morgan fingerprint density at radius 3 is 2.10 bits per heavy atom. The fourth-order valence-electron chi connectivity index (χ4n) is 4.71. The molecule has 30 heavy (non-hydrogen) atoms. The van der Waals surface area contributed by atoms with Crippen LogP contribution < -0.4 is 4.90 Å². The van der Waals surface area contributed by atoms with Gasteiger partial charge in [-0.3, -0.25) is 19.2 Å². The number of fused-ring (bicyclic) bond motifs is 6. The van der Waals surface area contributed by atoms with Crippen molar-refractivity contribution >= 4 is 29.7 Å². The molecule has 9 heteroatoms. The Morgan fingerprint density at radius 2 is 1.53 bits per heavy atom. The van der Waals surface area contributed by atoms with Crippen LogP contribution in [-0.2, 0) is 19.1 Å². The van der Waals surface area contributed by atoms with Gasteiger partial charge < -0.3 is 9.47 Å². The standard InChI is InChI=1S/C21H17N3O6/c1-9(25)29-17-13-7-14(18(17)30-10(2)26)16-15(13)8-22-21(23-16)24-19(27)11-5-3-4-6-12(11)20(24)28/h3-6,8,13-14,17-18H,7H2,1-2H3/t13-,14+,17-,18+/m1/s1. The Bertz CT molecular complexity index is 1090. The number of aromatic nitrogens is 2. The first kappa shape index (κ1) is 18.4. The Hall–Kier alpha value is -3.62. The van der Waals surface area contributed by atoms with Gasteiger partial charge in [-0.1, -0.05) is 12.1 Å². The predicted octanol–water partition coefficient (Wildman–Crippen LogP) is 1.73. The second kappa shape index (κ2) is 6.45. The van der Waals surface area contributed by atoms with Gasteiger partial charge in [-0.2, -0.15) is 0 Å². The minimum atomic E-state index is -0.672. The molecule has 9 nitrogen and oxygen atoms in total. The van der Waals surface area contributed by atoms with Crippen molar-refractivity contribution in [1.82, 2.24) is 9.97 Å². The van der Waals surface area contributed by atoms with Gasteiger partial charge in [0.2, 0.25) is 5.95 Å². The van der Waals surface area contributed by atoms with Crippen molar-refractivity contribution < 1.29 is 28.7 Å². The van der Waals surface area contributed by atoms with Crippen LogP contribution in [0, 0.1) is 0 Å². The van der Waals surface area contributed by atoms with E-state index >= 15 is 0 Å². The van der Waals surface area contributed by atoms with Crippen molar-refractivity contribution in [2.45, 2.75) is 44.3 Å². The number of hydrogen-bond donors (Lipinski definition) is 0. The number of amides is 2. The van der Waals surface area contributed by atoms with Crippen LogP contribution in [0.5, 0.6) is 0 Å². The molecule has 2 bridgehead atoms. The molecule has 0 radical (unpaired) electrons. The molecule has 1 aromatic heterocycles. The van der Waals surface area contributed by atoms with E-state index in [2.05, 4.69) is 9.97 Å². The smallest absolute Gasteiger partial charge is 0.303 e. The normalized spacial score (nSPS) is 25.9. The zero-order valence-electron chi connectivity index (χ0n) is 16.2. The molecule has 0 saturated heterocycles. The number of anilines is 1. The first-order chi connectivity index (χ1) is 14.4. The van der Waals surface area contributed by atoms with E-state index in [9.17, 15) is 19.2 Å². The Morgan fingerprint density at radius 1 is 0.967 bits per heavy atom. The van der Waals surface area contributed by atoms with E-state index in [0.29, 0.717) is 23.2 Å². The zero-order valence-corrected chi connectivity index (χ0v) is 16.2. The molecule has 0 unspecified atom stereocenters. The maximum absolute atomic E-state index is 12.7. The van der Waals surface area contributed by atoms with Gasteiger partial charge in [0.1, 0.15) is 12.2 Å². The lowest BCUT2D eigenvalue weighted by Gasteiger charge is -2.31. The average molecular weight is 407 g/mol. The molecule has 1 saturated carbocycles. The van der Waals surface area contributed by atoms with Gasteiger partial charge in [-0.15, -0.1) is 0 Å². The fourth-order valence-corrected chi connectivity index (χ4v) is 4.71. The number of nitrogens with zero attached hydrogens (tertiary/aromatic N) is 3. The monoisotopic (exact) mass is 407 g/mol. The molecule has 0 N–H and O–H groups in total. The van der Waals surface area contributed by atoms with Crippen LogP contribution in [0.3, 0.4) is 0 Å². The second-order valence-corrected chi connectivity index (χ2v) is 7.60. The number of hydrogen-bond acceptors (Lipinski definition) is 8. The molecule has 1 fully saturated rings. The molecule has 3 aliphatic rings. The van der Waals surface area contributed by atoms with Crippen LogP contribution in [0.4, 0.5) is 5.95 Å². The van der Waals surface area contributed by atoms with Crippen molar-refractivity contribution in [3.63, 3.8) is 0 Å². The summed E-state index contributed by atoms with van der Waals surface area (Å²) in [6.45, 7) is 2.60. The summed E-state index contributed by atoms with van der Waals surface area (Å²) >= 11 is 0. The first-order valence-electron chi connectivity index (χ1n) is 9.56. The third-order valence-corrected chi connectivity index (χ3v) is 5.81. The summed E-state index contributed by atoms with van der Waals surface area (Å²) in [6, 6.07) is 6.56. The van der Waals surface area contributed by atoms with Gasteiger partial charge in [-0.25, -0.2) is 14.9 Å². The third kappa shape index (κ3) is 2.54. The highest BCUT2D eigenvalue weighted by atomic mass is 16.6. The molecule has 1 aliphatic heterocycles. The molecular formula is C21H17N3O6. The highest BCUT2D eigenvalue weighted by Crippen LogP contribution is 2.54. The van der Waals surface area contributed by atoms with Crippen LogP contribution in [-0.4, -0.2) is 45.9 Å². The quantitative estimate of drug-likeness (QED) is 0.558. The Balaban J connectivity index is 1.53. The number of ether oxygens (including phenoxy) is 2. The highest BCUT2D eigenvalue weighted by Gasteiger charge is 2.56. The SMILES string of the molecule is CC(=O)O[C@@H]1[C@H](OC(C)=O)[C@@H]2C[C@H]1c1nc(N3C(=O)c4ccccc4C3=O)ncc12. The maximum Gasteiger partial charge on any atom is 0.303 e. The number of benzene rings is 1. The van der Waals surface area contributed by atoms with Crippen molar-refractivity contribution in [2.24, 2.45) is 0 Å². The molecule has 0 spiro atoms. The number of rotatable bonds is 3. The second-order valence-electron chi connectivity index (χ2n) is 7.60. The maximum atomic E-state index is 12.7. The summed E-state index contributed by atoms with van der Waals surface area (Å²) in [7, 11) is 0. The van der Waals surface area contributed by atoms with E-state index in [4.69, 9.17) is 9.47 Å². The van der Waals surface area contributed by atoms with Crippen molar-refractivity contribution in [3.8, 4) is 0 Å². The van der Waals surface area contributed by atoms with E-state index < -0.39 is 36.0 Å². The highest BCUT2D eigenvalue weighted by molar-refractivity contribution is 6.33. The molecule has 4 atom stereocenters. The van der Waals surface area contributed by atoms with E-state index in [0.717, 1.165) is 10.5 Å². The third-order valence-electron chi connectivity index (χ3n) is 5.81. The zero-order chi connectivity index (χ0) is 21.2. The molecule has 152 valence electrons. The van der Waals surface area contributed by atoms with Crippen molar-refractivity contribution in [3.05, 3.63) is 52.8 Å². The summed E-state index contributed by atoms with van der Waals surface area (Å²) in [5.41, 5.74) is 1.99. The molecule has 2 aromatic rings. The van der Waals surface area contributed by atoms with Crippen LogP contribution >= 0.6 is 0 Å². The molecule has 2 amide bonds. The van der Waals surface area contributed by atoms with E-state index in [1.54, 1.807) is 30.5 Å². The van der Waals surface area contributed by atoms with E-state index in [1.165, 1.54) is 13.8 Å². The van der Waals surface area contributed by atoms with Crippen molar-refractivity contribution in [2.75, 3.05) is 4.90 Å². The molecule has 5 rings (SSSR count). The van der Waals surface area contributed by atoms with Crippen LogP contribution in [0.2, 0.25) is 0 Å². The molecular weight excluding hydrogens is 390 g/mol. The fraction of sp³-hybridized carbons (Fsp3) is 0.333. The largest absolute Gasteiger partial charge is 0.458 e. The minimum Gasteiger partial charge on any atom is -0.458 e. The minimum absolute atomic E-state index is 0.0156. The number of carbonyl (C=O) groups excluding carboxylic acids is 4. The van der Waals surface area contributed by atoms with Gasteiger partial charge in [0.15, 0.2) is 0 Å². The van der Waals surface area contributed by atoms with Gasteiger partial charge in [-0.05, 0) is 24.1 Å². The van der Waals surface area contributed by atoms with E-state index in [-0.39, 0.29) is 17.8 Å². The van der Waals surface area contributed by atoms with Crippen LogP contribution in [0.25, 0.3) is 0 Å².